The van der Waals surface area contributed by atoms with Crippen molar-refractivity contribution in [2.24, 2.45) is 0 Å². The standard InChI is InChI=1S/C15H15FO.C2H6/c1-3-12-4-6-14(7-5-12)17-15-9-11(2)8-13(16)10-15;1-2/h4-10H,3H2,1-2H3;1-2H3. The minimum absolute atomic E-state index is 0.273. The first-order valence-corrected chi connectivity index (χ1v) is 6.71. The summed E-state index contributed by atoms with van der Waals surface area (Å²) in [5, 5.41) is 0. The number of benzene rings is 2. The number of hydrogen-bond acceptors (Lipinski definition) is 1. The average molecular weight is 260 g/mol. The Morgan fingerprint density at radius 1 is 0.947 bits per heavy atom. The van der Waals surface area contributed by atoms with Crippen LogP contribution in [0.15, 0.2) is 42.5 Å². The maximum absolute atomic E-state index is 13.2. The second-order valence-corrected chi connectivity index (χ2v) is 4.06. The molecule has 0 fully saturated rings. The van der Waals surface area contributed by atoms with Gasteiger partial charge in [-0.15, -0.1) is 0 Å². The molecule has 0 radical (unpaired) electrons. The maximum atomic E-state index is 13.2. The molecule has 0 N–H and O–H groups in total. The van der Waals surface area contributed by atoms with Crippen LogP contribution in [-0.4, -0.2) is 0 Å². The lowest BCUT2D eigenvalue weighted by atomic mass is 10.2. The molecule has 2 aromatic rings. The summed E-state index contributed by atoms with van der Waals surface area (Å²) in [6, 6.07) is 12.5. The van der Waals surface area contributed by atoms with Gasteiger partial charge in [-0.25, -0.2) is 4.39 Å². The zero-order valence-electron chi connectivity index (χ0n) is 12.0. The molecule has 102 valence electrons. The first kappa shape index (κ1) is 15.2. The summed E-state index contributed by atoms with van der Waals surface area (Å²) in [7, 11) is 0. The van der Waals surface area contributed by atoms with Crippen molar-refractivity contribution in [1.82, 2.24) is 0 Å². The Hall–Kier alpha value is -1.83. The number of ether oxygens (including phenoxy) is 1. The zero-order valence-corrected chi connectivity index (χ0v) is 12.0. The van der Waals surface area contributed by atoms with Crippen LogP contribution in [-0.2, 0) is 6.42 Å². The molecule has 0 saturated heterocycles. The van der Waals surface area contributed by atoms with Crippen LogP contribution in [0.25, 0.3) is 0 Å². The highest BCUT2D eigenvalue weighted by atomic mass is 19.1. The lowest BCUT2D eigenvalue weighted by molar-refractivity contribution is 0.476. The van der Waals surface area contributed by atoms with Crippen LogP contribution >= 0.6 is 0 Å². The summed E-state index contributed by atoms with van der Waals surface area (Å²) in [6.45, 7) is 7.95. The average Bonchev–Trinajstić information content (AvgIpc) is 2.41. The van der Waals surface area contributed by atoms with Gasteiger partial charge >= 0.3 is 0 Å². The first-order valence-electron chi connectivity index (χ1n) is 6.71. The van der Waals surface area contributed by atoms with Gasteiger partial charge < -0.3 is 4.74 Å². The molecule has 0 atom stereocenters. The Balaban J connectivity index is 0.000000861. The van der Waals surface area contributed by atoms with Gasteiger partial charge in [-0.05, 0) is 48.7 Å². The third-order valence-electron chi connectivity index (χ3n) is 2.58. The smallest absolute Gasteiger partial charge is 0.130 e. The van der Waals surface area contributed by atoms with Crippen LogP contribution in [0.5, 0.6) is 11.5 Å². The van der Waals surface area contributed by atoms with Crippen LogP contribution in [0.4, 0.5) is 4.39 Å². The summed E-state index contributed by atoms with van der Waals surface area (Å²) < 4.78 is 18.8. The fourth-order valence-electron chi connectivity index (χ4n) is 1.69. The van der Waals surface area contributed by atoms with E-state index in [1.807, 2.05) is 51.1 Å². The molecule has 19 heavy (non-hydrogen) atoms. The molecular formula is C17H21FO. The van der Waals surface area contributed by atoms with Crippen molar-refractivity contribution in [1.29, 1.82) is 0 Å². The second-order valence-electron chi connectivity index (χ2n) is 4.06. The molecule has 0 aromatic heterocycles. The van der Waals surface area contributed by atoms with Crippen LogP contribution in [0.1, 0.15) is 31.9 Å². The van der Waals surface area contributed by atoms with Gasteiger partial charge in [0.2, 0.25) is 0 Å². The van der Waals surface area contributed by atoms with Crippen LogP contribution in [0.3, 0.4) is 0 Å². The number of hydrogen-bond donors (Lipinski definition) is 0. The van der Waals surface area contributed by atoms with E-state index in [0.717, 1.165) is 17.7 Å². The van der Waals surface area contributed by atoms with E-state index in [1.165, 1.54) is 17.7 Å². The molecule has 0 saturated carbocycles. The van der Waals surface area contributed by atoms with E-state index in [0.29, 0.717) is 5.75 Å². The highest BCUT2D eigenvalue weighted by Crippen LogP contribution is 2.23. The Morgan fingerprint density at radius 2 is 1.58 bits per heavy atom. The molecule has 0 aliphatic rings. The molecule has 0 bridgehead atoms. The van der Waals surface area contributed by atoms with E-state index in [-0.39, 0.29) is 5.82 Å². The minimum Gasteiger partial charge on any atom is -0.457 e. The second kappa shape index (κ2) is 7.57. The molecule has 0 aliphatic heterocycles. The third-order valence-corrected chi connectivity index (χ3v) is 2.58. The highest BCUT2D eigenvalue weighted by molar-refractivity contribution is 5.35. The van der Waals surface area contributed by atoms with Crippen molar-refractivity contribution in [3.8, 4) is 11.5 Å². The van der Waals surface area contributed by atoms with Gasteiger partial charge in [0.05, 0.1) is 0 Å². The van der Waals surface area contributed by atoms with Gasteiger partial charge in [-0.3, -0.25) is 0 Å². The fourth-order valence-corrected chi connectivity index (χ4v) is 1.69. The summed E-state index contributed by atoms with van der Waals surface area (Å²) in [4.78, 5) is 0. The van der Waals surface area contributed by atoms with E-state index in [2.05, 4.69) is 6.92 Å². The quantitative estimate of drug-likeness (QED) is 0.706. The molecule has 2 heteroatoms. The number of rotatable bonds is 3. The monoisotopic (exact) mass is 260 g/mol. The van der Waals surface area contributed by atoms with E-state index < -0.39 is 0 Å². The molecule has 2 aromatic carbocycles. The third kappa shape index (κ3) is 4.74. The molecular weight excluding hydrogens is 239 g/mol. The van der Waals surface area contributed by atoms with Crippen molar-refractivity contribution in [2.75, 3.05) is 0 Å². The van der Waals surface area contributed by atoms with Crippen molar-refractivity contribution in [2.45, 2.75) is 34.1 Å². The topological polar surface area (TPSA) is 9.23 Å². The van der Waals surface area contributed by atoms with Gasteiger partial charge in [-0.2, -0.15) is 0 Å². The van der Waals surface area contributed by atoms with E-state index in [1.54, 1.807) is 0 Å². The van der Waals surface area contributed by atoms with Crippen molar-refractivity contribution in [3.05, 3.63) is 59.4 Å². The summed E-state index contributed by atoms with van der Waals surface area (Å²) in [5.74, 6) is 0.990. The van der Waals surface area contributed by atoms with E-state index in [4.69, 9.17) is 4.74 Å². The number of halogens is 1. The summed E-state index contributed by atoms with van der Waals surface area (Å²) in [5.41, 5.74) is 2.11. The Labute approximate surface area is 115 Å². The van der Waals surface area contributed by atoms with Crippen molar-refractivity contribution in [3.63, 3.8) is 0 Å². The lowest BCUT2D eigenvalue weighted by Gasteiger charge is -2.07. The maximum Gasteiger partial charge on any atom is 0.130 e. The largest absolute Gasteiger partial charge is 0.457 e. The molecule has 0 aliphatic carbocycles. The highest BCUT2D eigenvalue weighted by Gasteiger charge is 2.01. The van der Waals surface area contributed by atoms with E-state index in [9.17, 15) is 4.39 Å². The normalized spacial score (nSPS) is 9.53. The molecule has 0 amide bonds. The lowest BCUT2D eigenvalue weighted by Crippen LogP contribution is -1.87. The van der Waals surface area contributed by atoms with E-state index >= 15 is 0 Å². The van der Waals surface area contributed by atoms with Gasteiger partial charge in [0.15, 0.2) is 0 Å². The summed E-state index contributed by atoms with van der Waals surface area (Å²) in [6.07, 6.45) is 0.999. The number of aryl methyl sites for hydroxylation is 2. The summed E-state index contributed by atoms with van der Waals surface area (Å²) >= 11 is 0. The fraction of sp³-hybridized carbons (Fsp3) is 0.294. The zero-order chi connectivity index (χ0) is 14.3. The predicted molar refractivity (Wildman–Crippen MR) is 78.4 cm³/mol. The van der Waals surface area contributed by atoms with Crippen molar-refractivity contribution < 1.29 is 9.13 Å². The molecule has 0 spiro atoms. The molecule has 0 unspecified atom stereocenters. The molecule has 2 rings (SSSR count). The van der Waals surface area contributed by atoms with Gasteiger partial charge in [0.1, 0.15) is 17.3 Å². The predicted octanol–water partition coefficient (Wildman–Crippen LogP) is 5.52. The van der Waals surface area contributed by atoms with Gasteiger partial charge in [-0.1, -0.05) is 32.9 Å². The minimum atomic E-state index is -0.273. The Morgan fingerprint density at radius 3 is 2.11 bits per heavy atom. The molecule has 0 heterocycles. The SMILES string of the molecule is CC.CCc1ccc(Oc2cc(C)cc(F)c2)cc1. The Bertz CT molecular complexity index is 483. The molecule has 1 nitrogen and oxygen atoms in total. The van der Waals surface area contributed by atoms with Crippen molar-refractivity contribution >= 4 is 0 Å². The van der Waals surface area contributed by atoms with Gasteiger partial charge in [0.25, 0.3) is 0 Å². The van der Waals surface area contributed by atoms with Crippen LogP contribution in [0, 0.1) is 12.7 Å². The van der Waals surface area contributed by atoms with Crippen LogP contribution in [0.2, 0.25) is 0 Å². The van der Waals surface area contributed by atoms with Gasteiger partial charge in [0, 0.05) is 6.07 Å². The Kier molecular flexibility index (Phi) is 6.07. The van der Waals surface area contributed by atoms with Crippen LogP contribution < -0.4 is 4.74 Å². The first-order chi connectivity index (χ1) is 9.17.